The zero-order chi connectivity index (χ0) is 20.9. The average Bonchev–Trinajstić information content (AvgIpc) is 3.26. The van der Waals surface area contributed by atoms with Crippen molar-refractivity contribution < 1.29 is 25.3 Å². The Balaban J connectivity index is 2.18. The van der Waals surface area contributed by atoms with Crippen molar-refractivity contribution in [2.24, 2.45) is 0 Å². The maximum atomic E-state index is 11.7. The molecule has 0 aliphatic heterocycles. The maximum Gasteiger partial charge on any atom is 0.568 e. The van der Waals surface area contributed by atoms with Crippen LogP contribution in [0.1, 0.15) is 0 Å². The van der Waals surface area contributed by atoms with Crippen LogP contribution in [-0.4, -0.2) is 80.2 Å². The standard InChI is InChI=1S/C12H15BN6O6S3/c1-26(20,21)10-4-7-17(14-10)13(18-8-5-11(15-18)27(2,22)23)19-9-6-12(16-19)28(3,24)25/h4-9H,1-3H3. The summed E-state index contributed by atoms with van der Waals surface area (Å²) in [7, 11) is -11.9. The molecule has 28 heavy (non-hydrogen) atoms. The number of hydrogen-bond acceptors (Lipinski definition) is 9. The first-order valence-electron chi connectivity index (χ1n) is 7.52. The van der Waals surface area contributed by atoms with Crippen LogP contribution in [0.2, 0.25) is 0 Å². The third-order valence-corrected chi connectivity index (χ3v) is 6.53. The molecule has 0 unspecified atom stereocenters. The van der Waals surface area contributed by atoms with Gasteiger partial charge in [0.25, 0.3) is 0 Å². The van der Waals surface area contributed by atoms with Gasteiger partial charge < -0.3 is 0 Å². The SMILES string of the molecule is CS(=O)(=O)c1ccn(B(n2ccc(S(C)(=O)=O)n2)n2ccc(S(C)(=O)=O)n2)n1. The summed E-state index contributed by atoms with van der Waals surface area (Å²) < 4.78 is 73.9. The van der Waals surface area contributed by atoms with Gasteiger partial charge in [-0.25, -0.2) is 25.3 Å². The smallest absolute Gasteiger partial charge is 0.267 e. The molecule has 0 N–H and O–H groups in total. The number of sulfone groups is 3. The minimum absolute atomic E-state index is 0.219. The first-order chi connectivity index (χ1) is 12.8. The van der Waals surface area contributed by atoms with Gasteiger partial charge in [0.05, 0.1) is 0 Å². The molecular weight excluding hydrogens is 431 g/mol. The van der Waals surface area contributed by atoms with Crippen LogP contribution in [0.25, 0.3) is 0 Å². The normalized spacial score (nSPS) is 13.0. The molecule has 0 atom stereocenters. The van der Waals surface area contributed by atoms with Crippen molar-refractivity contribution >= 4 is 36.6 Å². The molecule has 16 heteroatoms. The zero-order valence-electron chi connectivity index (χ0n) is 14.9. The summed E-state index contributed by atoms with van der Waals surface area (Å²) in [5.41, 5.74) is 0. The van der Waals surface area contributed by atoms with E-state index in [-0.39, 0.29) is 15.1 Å². The molecule has 3 aromatic rings. The van der Waals surface area contributed by atoms with Crippen LogP contribution >= 0.6 is 0 Å². The van der Waals surface area contributed by atoms with Crippen molar-refractivity contribution in [1.29, 1.82) is 0 Å². The molecule has 0 radical (unpaired) electrons. The highest BCUT2D eigenvalue weighted by atomic mass is 32.2. The predicted molar refractivity (Wildman–Crippen MR) is 98.0 cm³/mol. The van der Waals surface area contributed by atoms with E-state index in [0.29, 0.717) is 0 Å². The van der Waals surface area contributed by atoms with Gasteiger partial charge in [0.2, 0.25) is 0 Å². The second-order valence-corrected chi connectivity index (χ2v) is 12.0. The Hall–Kier alpha value is -2.46. The van der Waals surface area contributed by atoms with Crippen molar-refractivity contribution in [3.8, 4) is 0 Å². The molecule has 0 aromatic carbocycles. The fourth-order valence-electron chi connectivity index (χ4n) is 2.30. The van der Waals surface area contributed by atoms with Crippen LogP contribution in [0.4, 0.5) is 0 Å². The van der Waals surface area contributed by atoms with Crippen LogP contribution in [0.3, 0.4) is 0 Å². The van der Waals surface area contributed by atoms with Crippen LogP contribution < -0.4 is 0 Å². The number of nitrogens with zero attached hydrogens (tertiary/aromatic N) is 6. The van der Waals surface area contributed by atoms with Crippen molar-refractivity contribution in [1.82, 2.24) is 29.1 Å². The molecular formula is C12H15BN6O6S3. The number of rotatable bonds is 6. The fraction of sp³-hybridized carbons (Fsp3) is 0.250. The Bertz CT molecular complexity index is 1180. The third kappa shape index (κ3) is 4.02. The Kier molecular flexibility index (Phi) is 4.75. The van der Waals surface area contributed by atoms with Crippen LogP contribution in [-0.2, 0) is 29.5 Å². The Labute approximate surface area is 161 Å². The predicted octanol–water partition coefficient (Wildman–Crippen LogP) is -1.58. The van der Waals surface area contributed by atoms with Gasteiger partial charge in [0.1, 0.15) is 0 Å². The summed E-state index contributed by atoms with van der Waals surface area (Å²) in [4.78, 5) is 0. The molecule has 0 aliphatic rings. The van der Waals surface area contributed by atoms with Crippen molar-refractivity contribution in [3.63, 3.8) is 0 Å². The molecule has 0 spiro atoms. The molecule has 0 saturated carbocycles. The molecule has 3 heterocycles. The summed E-state index contributed by atoms with van der Waals surface area (Å²) in [6.07, 6.45) is 6.97. The highest BCUT2D eigenvalue weighted by Crippen LogP contribution is 2.11. The maximum absolute atomic E-state index is 11.7. The quantitative estimate of drug-likeness (QED) is 0.408. The zero-order valence-corrected chi connectivity index (χ0v) is 17.3. The van der Waals surface area contributed by atoms with E-state index < -0.39 is 36.6 Å². The van der Waals surface area contributed by atoms with Crippen molar-refractivity contribution in [3.05, 3.63) is 36.8 Å². The lowest BCUT2D eigenvalue weighted by Gasteiger charge is -2.13. The Morgan fingerprint density at radius 2 is 0.857 bits per heavy atom. The van der Waals surface area contributed by atoms with Gasteiger partial charge in [0, 0.05) is 37.4 Å². The van der Waals surface area contributed by atoms with E-state index in [2.05, 4.69) is 15.3 Å². The van der Waals surface area contributed by atoms with Crippen molar-refractivity contribution in [2.45, 2.75) is 15.1 Å². The highest BCUT2D eigenvalue weighted by molar-refractivity contribution is 7.91. The molecule has 3 rings (SSSR count). The first kappa shape index (κ1) is 20.3. The lowest BCUT2D eigenvalue weighted by Crippen LogP contribution is -2.43. The van der Waals surface area contributed by atoms with E-state index >= 15 is 0 Å². The van der Waals surface area contributed by atoms with Crippen LogP contribution in [0.5, 0.6) is 0 Å². The van der Waals surface area contributed by atoms with E-state index in [1.54, 1.807) is 0 Å². The lowest BCUT2D eigenvalue weighted by molar-refractivity contribution is 0.596. The summed E-state index contributed by atoms with van der Waals surface area (Å²) in [6.45, 7) is 0. The topological polar surface area (TPSA) is 156 Å². The molecule has 0 aliphatic carbocycles. The summed E-state index contributed by atoms with van der Waals surface area (Å²) >= 11 is 0. The first-order valence-corrected chi connectivity index (χ1v) is 13.2. The molecule has 0 fully saturated rings. The number of aromatic nitrogens is 6. The van der Waals surface area contributed by atoms with E-state index in [4.69, 9.17) is 0 Å². The fourth-order valence-corrected chi connectivity index (χ4v) is 3.96. The van der Waals surface area contributed by atoms with Gasteiger partial charge in [0.15, 0.2) is 44.6 Å². The van der Waals surface area contributed by atoms with E-state index in [1.165, 1.54) is 50.6 Å². The molecule has 3 aromatic heterocycles. The third-order valence-electron chi connectivity index (χ3n) is 3.60. The van der Waals surface area contributed by atoms with E-state index in [0.717, 1.165) is 18.8 Å². The minimum Gasteiger partial charge on any atom is -0.267 e. The largest absolute Gasteiger partial charge is 0.568 e. The van der Waals surface area contributed by atoms with Crippen LogP contribution in [0.15, 0.2) is 51.9 Å². The monoisotopic (exact) mass is 446 g/mol. The van der Waals surface area contributed by atoms with E-state index in [9.17, 15) is 25.3 Å². The second kappa shape index (κ2) is 6.56. The molecule has 0 amide bonds. The van der Waals surface area contributed by atoms with Gasteiger partial charge in [-0.1, -0.05) is 0 Å². The van der Waals surface area contributed by atoms with Gasteiger partial charge in [-0.05, 0) is 18.2 Å². The Morgan fingerprint density at radius 1 is 0.607 bits per heavy atom. The Morgan fingerprint density at radius 3 is 1.04 bits per heavy atom. The average molecular weight is 446 g/mol. The number of hydrogen-bond donors (Lipinski definition) is 0. The van der Waals surface area contributed by atoms with Gasteiger partial charge in [-0.3, -0.25) is 13.8 Å². The summed E-state index contributed by atoms with van der Waals surface area (Å²) in [5, 5.41) is 11.3. The molecule has 0 saturated heterocycles. The summed E-state index contributed by atoms with van der Waals surface area (Å²) in [6, 6.07) is 3.76. The van der Waals surface area contributed by atoms with Gasteiger partial charge in [-0.15, -0.1) is 0 Å². The molecule has 0 bridgehead atoms. The van der Waals surface area contributed by atoms with E-state index in [1.807, 2.05) is 0 Å². The van der Waals surface area contributed by atoms with Gasteiger partial charge in [-0.2, -0.15) is 15.3 Å². The van der Waals surface area contributed by atoms with Gasteiger partial charge >= 0.3 is 7.12 Å². The van der Waals surface area contributed by atoms with Crippen LogP contribution in [0, 0.1) is 0 Å². The minimum atomic E-state index is -3.60. The van der Waals surface area contributed by atoms with Crippen molar-refractivity contribution in [2.75, 3.05) is 18.8 Å². The lowest BCUT2D eigenvalue weighted by atomic mass is 9.96. The summed E-state index contributed by atoms with van der Waals surface area (Å²) in [5.74, 6) is 0. The molecule has 12 nitrogen and oxygen atoms in total. The second-order valence-electron chi connectivity index (χ2n) is 6.06. The highest BCUT2D eigenvalue weighted by Gasteiger charge is 2.31. The molecule has 150 valence electrons.